The predicted octanol–water partition coefficient (Wildman–Crippen LogP) is 2.78. The van der Waals surface area contributed by atoms with E-state index in [0.29, 0.717) is 24.6 Å². The second kappa shape index (κ2) is 8.22. The van der Waals surface area contributed by atoms with Crippen LogP contribution in [-0.2, 0) is 6.54 Å². The van der Waals surface area contributed by atoms with Crippen LogP contribution < -0.4 is 10.2 Å². The van der Waals surface area contributed by atoms with E-state index < -0.39 is 0 Å². The Morgan fingerprint density at radius 2 is 1.95 bits per heavy atom. The maximum absolute atomic E-state index is 14.1. The van der Waals surface area contributed by atoms with Crippen molar-refractivity contribution < 1.29 is 9.50 Å². The van der Waals surface area contributed by atoms with Crippen molar-refractivity contribution >= 4 is 5.69 Å². The fourth-order valence-electron chi connectivity index (χ4n) is 2.24. The summed E-state index contributed by atoms with van der Waals surface area (Å²) in [5, 5.41) is 12.5. The smallest absolute Gasteiger partial charge is 0.129 e. The van der Waals surface area contributed by atoms with Gasteiger partial charge in [0.2, 0.25) is 0 Å². The van der Waals surface area contributed by atoms with Crippen LogP contribution in [0.5, 0.6) is 0 Å². The minimum Gasteiger partial charge on any atom is -0.395 e. The number of aliphatic hydroxyl groups is 1. The van der Waals surface area contributed by atoms with Crippen LogP contribution in [0.1, 0.15) is 33.3 Å². The third-order valence-corrected chi connectivity index (χ3v) is 3.22. The normalized spacial score (nSPS) is 11.4. The molecule has 0 saturated heterocycles. The number of hydrogen-bond acceptors (Lipinski definition) is 3. The first-order valence-corrected chi connectivity index (χ1v) is 7.33. The third kappa shape index (κ3) is 4.76. The monoisotopic (exact) mass is 282 g/mol. The summed E-state index contributed by atoms with van der Waals surface area (Å²) in [6, 6.07) is 5.36. The van der Waals surface area contributed by atoms with Gasteiger partial charge >= 0.3 is 0 Å². The standard InChI is InChI=1S/C16H27FN2O/c1-12(2)10-18-11-14-15(17)6-5-7-16(14)19(8-9-20)13(3)4/h5-7,12-13,18,20H,8-11H2,1-4H3. The van der Waals surface area contributed by atoms with Gasteiger partial charge in [-0.05, 0) is 38.4 Å². The van der Waals surface area contributed by atoms with E-state index in [0.717, 1.165) is 12.2 Å². The molecule has 20 heavy (non-hydrogen) atoms. The molecule has 1 aromatic rings. The first-order chi connectivity index (χ1) is 9.47. The minimum atomic E-state index is -0.192. The molecular weight excluding hydrogens is 255 g/mol. The molecule has 0 fully saturated rings. The van der Waals surface area contributed by atoms with Crippen molar-refractivity contribution in [3.63, 3.8) is 0 Å². The average molecular weight is 282 g/mol. The minimum absolute atomic E-state index is 0.0631. The van der Waals surface area contributed by atoms with Crippen LogP contribution in [0.2, 0.25) is 0 Å². The van der Waals surface area contributed by atoms with Gasteiger partial charge in [-0.25, -0.2) is 4.39 Å². The lowest BCUT2D eigenvalue weighted by Crippen LogP contribution is -2.35. The molecule has 0 aliphatic rings. The van der Waals surface area contributed by atoms with Crippen molar-refractivity contribution in [2.75, 3.05) is 24.6 Å². The van der Waals surface area contributed by atoms with Crippen LogP contribution in [0.4, 0.5) is 10.1 Å². The Hall–Kier alpha value is -1.13. The van der Waals surface area contributed by atoms with E-state index in [1.807, 2.05) is 24.8 Å². The molecule has 0 saturated carbocycles. The van der Waals surface area contributed by atoms with Crippen molar-refractivity contribution in [3.8, 4) is 0 Å². The highest BCUT2D eigenvalue weighted by molar-refractivity contribution is 5.55. The Morgan fingerprint density at radius 1 is 1.25 bits per heavy atom. The molecule has 1 rings (SSSR count). The average Bonchev–Trinajstić information content (AvgIpc) is 2.37. The fraction of sp³-hybridized carbons (Fsp3) is 0.625. The van der Waals surface area contributed by atoms with Gasteiger partial charge in [-0.3, -0.25) is 0 Å². The summed E-state index contributed by atoms with van der Waals surface area (Å²) in [6.45, 7) is 10.3. The highest BCUT2D eigenvalue weighted by Gasteiger charge is 2.16. The molecule has 0 heterocycles. The summed E-state index contributed by atoms with van der Waals surface area (Å²) in [4.78, 5) is 2.04. The van der Waals surface area contributed by atoms with Crippen LogP contribution in [-0.4, -0.2) is 30.8 Å². The van der Waals surface area contributed by atoms with Crippen LogP contribution in [0.3, 0.4) is 0 Å². The molecular formula is C16H27FN2O. The number of anilines is 1. The van der Waals surface area contributed by atoms with E-state index in [1.54, 1.807) is 6.07 Å². The molecule has 0 bridgehead atoms. The van der Waals surface area contributed by atoms with Gasteiger partial charge in [-0.1, -0.05) is 19.9 Å². The van der Waals surface area contributed by atoms with Gasteiger partial charge in [0.05, 0.1) is 6.61 Å². The lowest BCUT2D eigenvalue weighted by atomic mass is 10.1. The van der Waals surface area contributed by atoms with Gasteiger partial charge in [0.15, 0.2) is 0 Å². The largest absolute Gasteiger partial charge is 0.395 e. The summed E-state index contributed by atoms with van der Waals surface area (Å²) in [7, 11) is 0. The Bertz CT molecular complexity index is 407. The van der Waals surface area contributed by atoms with E-state index in [4.69, 9.17) is 0 Å². The van der Waals surface area contributed by atoms with Gasteiger partial charge in [-0.15, -0.1) is 0 Å². The number of benzene rings is 1. The number of nitrogens with one attached hydrogen (secondary N) is 1. The summed E-state index contributed by atoms with van der Waals surface area (Å²) >= 11 is 0. The van der Waals surface area contributed by atoms with E-state index >= 15 is 0 Å². The molecule has 2 N–H and O–H groups in total. The second-order valence-electron chi connectivity index (χ2n) is 5.77. The summed E-state index contributed by atoms with van der Waals surface area (Å²) < 4.78 is 14.1. The number of rotatable bonds is 8. The maximum Gasteiger partial charge on any atom is 0.129 e. The number of nitrogens with zero attached hydrogens (tertiary/aromatic N) is 1. The molecule has 0 unspecified atom stereocenters. The Labute approximate surface area is 121 Å². The molecule has 0 radical (unpaired) electrons. The van der Waals surface area contributed by atoms with Gasteiger partial charge in [0.25, 0.3) is 0 Å². The molecule has 0 amide bonds. The first kappa shape index (κ1) is 16.9. The predicted molar refractivity (Wildman–Crippen MR) is 82.5 cm³/mol. The highest BCUT2D eigenvalue weighted by Crippen LogP contribution is 2.25. The molecule has 4 heteroatoms. The molecule has 0 aliphatic carbocycles. The van der Waals surface area contributed by atoms with Gasteiger partial charge in [-0.2, -0.15) is 0 Å². The van der Waals surface area contributed by atoms with Crippen LogP contribution in [0, 0.1) is 11.7 Å². The summed E-state index contributed by atoms with van der Waals surface area (Å²) in [5.74, 6) is 0.339. The third-order valence-electron chi connectivity index (χ3n) is 3.22. The van der Waals surface area contributed by atoms with Crippen molar-refractivity contribution in [3.05, 3.63) is 29.6 Å². The Balaban J connectivity index is 2.96. The lowest BCUT2D eigenvalue weighted by molar-refractivity contribution is 0.299. The van der Waals surface area contributed by atoms with Gasteiger partial charge in [0.1, 0.15) is 5.82 Å². The maximum atomic E-state index is 14.1. The summed E-state index contributed by atoms with van der Waals surface area (Å²) in [6.07, 6.45) is 0. The topological polar surface area (TPSA) is 35.5 Å². The number of aliphatic hydroxyl groups excluding tert-OH is 1. The van der Waals surface area contributed by atoms with Gasteiger partial charge in [0, 0.05) is 30.4 Å². The van der Waals surface area contributed by atoms with Gasteiger partial charge < -0.3 is 15.3 Å². The zero-order valence-electron chi connectivity index (χ0n) is 13.0. The quantitative estimate of drug-likeness (QED) is 0.769. The molecule has 3 nitrogen and oxygen atoms in total. The lowest BCUT2D eigenvalue weighted by Gasteiger charge is -2.30. The van der Waals surface area contributed by atoms with Crippen molar-refractivity contribution in [1.29, 1.82) is 0 Å². The summed E-state index contributed by atoms with van der Waals surface area (Å²) in [5.41, 5.74) is 1.54. The highest BCUT2D eigenvalue weighted by atomic mass is 19.1. The van der Waals surface area contributed by atoms with Crippen LogP contribution >= 0.6 is 0 Å². The van der Waals surface area contributed by atoms with Crippen LogP contribution in [0.15, 0.2) is 18.2 Å². The molecule has 0 atom stereocenters. The SMILES string of the molecule is CC(C)CNCc1c(F)cccc1N(CCO)C(C)C. The number of halogens is 1. The van der Waals surface area contributed by atoms with E-state index in [1.165, 1.54) is 6.07 Å². The van der Waals surface area contributed by atoms with E-state index in [9.17, 15) is 9.50 Å². The first-order valence-electron chi connectivity index (χ1n) is 7.33. The van der Waals surface area contributed by atoms with Crippen molar-refractivity contribution in [2.45, 2.75) is 40.3 Å². The van der Waals surface area contributed by atoms with Crippen LogP contribution in [0.25, 0.3) is 0 Å². The molecule has 0 spiro atoms. The van der Waals surface area contributed by atoms with E-state index in [-0.39, 0.29) is 18.5 Å². The van der Waals surface area contributed by atoms with E-state index in [2.05, 4.69) is 19.2 Å². The molecule has 1 aromatic carbocycles. The Morgan fingerprint density at radius 3 is 2.50 bits per heavy atom. The zero-order valence-corrected chi connectivity index (χ0v) is 13.0. The zero-order chi connectivity index (χ0) is 15.1. The van der Waals surface area contributed by atoms with Crippen molar-refractivity contribution in [2.24, 2.45) is 5.92 Å². The molecule has 114 valence electrons. The molecule has 0 aromatic heterocycles. The Kier molecular flexibility index (Phi) is 6.96. The second-order valence-corrected chi connectivity index (χ2v) is 5.77. The number of hydrogen-bond donors (Lipinski definition) is 2. The van der Waals surface area contributed by atoms with Crippen molar-refractivity contribution in [1.82, 2.24) is 5.32 Å². The fourth-order valence-corrected chi connectivity index (χ4v) is 2.24. The molecule has 0 aliphatic heterocycles.